The zero-order valence-corrected chi connectivity index (χ0v) is 17.9. The molecule has 0 bridgehead atoms. The van der Waals surface area contributed by atoms with Crippen LogP contribution in [0.25, 0.3) is 0 Å². The van der Waals surface area contributed by atoms with Crippen LogP contribution in [0.15, 0.2) is 23.4 Å². The van der Waals surface area contributed by atoms with Crippen molar-refractivity contribution in [1.29, 1.82) is 0 Å². The summed E-state index contributed by atoms with van der Waals surface area (Å²) >= 11 is 7.59. The number of hydrogen-bond acceptors (Lipinski definition) is 5. The monoisotopic (exact) mass is 419 g/mol. The molecule has 4 rings (SSSR count). The van der Waals surface area contributed by atoms with Gasteiger partial charge in [-0.15, -0.1) is 10.2 Å². The third-order valence-electron chi connectivity index (χ3n) is 5.41. The van der Waals surface area contributed by atoms with Crippen LogP contribution in [0, 0.1) is 12.8 Å². The van der Waals surface area contributed by atoms with Crippen molar-refractivity contribution >= 4 is 40.9 Å². The van der Waals surface area contributed by atoms with Gasteiger partial charge in [-0.2, -0.15) is 0 Å². The van der Waals surface area contributed by atoms with Crippen LogP contribution < -0.4 is 10.2 Å². The molecule has 1 aromatic carbocycles. The number of carbonyl (C=O) groups is 1. The number of hydrogen-bond donors (Lipinski definition) is 1. The first kappa shape index (κ1) is 19.6. The van der Waals surface area contributed by atoms with E-state index in [1.54, 1.807) is 6.07 Å². The standard InChI is InChI=1S/C20H26ClN5OS/c1-13-7-9-25(10-8-13)19-23-24-20(26(19)16-5-6-16)28-12-18(27)22-15-4-3-14(2)17(21)11-15/h3-4,11,13,16H,5-10,12H2,1-2H3,(H,22,27). The van der Waals surface area contributed by atoms with E-state index in [9.17, 15) is 4.79 Å². The maximum atomic E-state index is 12.4. The number of rotatable bonds is 6. The van der Waals surface area contributed by atoms with Crippen LogP contribution in [0.4, 0.5) is 11.6 Å². The number of aryl methyl sites for hydroxylation is 1. The summed E-state index contributed by atoms with van der Waals surface area (Å²) in [6.07, 6.45) is 4.72. The van der Waals surface area contributed by atoms with Gasteiger partial charge in [-0.25, -0.2) is 0 Å². The van der Waals surface area contributed by atoms with Crippen molar-refractivity contribution in [3.05, 3.63) is 28.8 Å². The summed E-state index contributed by atoms with van der Waals surface area (Å²) < 4.78 is 2.25. The highest BCUT2D eigenvalue weighted by Gasteiger charge is 2.32. The highest BCUT2D eigenvalue weighted by Crippen LogP contribution is 2.41. The largest absolute Gasteiger partial charge is 0.341 e. The number of nitrogens with one attached hydrogen (secondary N) is 1. The molecule has 0 atom stereocenters. The molecule has 1 aliphatic heterocycles. The Morgan fingerprint density at radius 1 is 1.25 bits per heavy atom. The van der Waals surface area contributed by atoms with Crippen molar-refractivity contribution in [3.8, 4) is 0 Å². The molecule has 8 heteroatoms. The van der Waals surface area contributed by atoms with Gasteiger partial charge in [-0.05, 0) is 56.2 Å². The van der Waals surface area contributed by atoms with Crippen molar-refractivity contribution in [2.75, 3.05) is 29.1 Å². The van der Waals surface area contributed by atoms with Crippen LogP contribution in [-0.2, 0) is 4.79 Å². The zero-order chi connectivity index (χ0) is 19.7. The molecule has 2 heterocycles. The lowest BCUT2D eigenvalue weighted by molar-refractivity contribution is -0.113. The molecule has 1 saturated heterocycles. The van der Waals surface area contributed by atoms with Crippen molar-refractivity contribution < 1.29 is 4.79 Å². The zero-order valence-electron chi connectivity index (χ0n) is 16.3. The molecule has 2 aromatic rings. The van der Waals surface area contributed by atoms with E-state index in [1.165, 1.54) is 24.6 Å². The van der Waals surface area contributed by atoms with Crippen LogP contribution in [-0.4, -0.2) is 39.5 Å². The molecular formula is C20H26ClN5OS. The van der Waals surface area contributed by atoms with Gasteiger partial charge in [0.1, 0.15) is 0 Å². The summed E-state index contributed by atoms with van der Waals surface area (Å²) in [7, 11) is 0. The van der Waals surface area contributed by atoms with Gasteiger partial charge in [0, 0.05) is 29.8 Å². The first-order valence-corrected chi connectivity index (χ1v) is 11.3. The van der Waals surface area contributed by atoms with E-state index in [0.717, 1.165) is 48.5 Å². The van der Waals surface area contributed by atoms with Crippen LogP contribution >= 0.6 is 23.4 Å². The number of piperidine rings is 1. The highest BCUT2D eigenvalue weighted by molar-refractivity contribution is 7.99. The summed E-state index contributed by atoms with van der Waals surface area (Å²) in [5.74, 6) is 1.99. The molecule has 1 aliphatic carbocycles. The van der Waals surface area contributed by atoms with E-state index < -0.39 is 0 Å². The Morgan fingerprint density at radius 2 is 2.00 bits per heavy atom. The van der Waals surface area contributed by atoms with Crippen LogP contribution in [0.3, 0.4) is 0 Å². The van der Waals surface area contributed by atoms with Crippen LogP contribution in [0.5, 0.6) is 0 Å². The molecule has 0 radical (unpaired) electrons. The van der Waals surface area contributed by atoms with Crippen molar-refractivity contribution in [1.82, 2.24) is 14.8 Å². The second-order valence-electron chi connectivity index (χ2n) is 7.85. The minimum absolute atomic E-state index is 0.0661. The number of anilines is 2. The maximum Gasteiger partial charge on any atom is 0.234 e. The Labute approximate surface area is 175 Å². The third-order valence-corrected chi connectivity index (χ3v) is 6.76. The van der Waals surface area contributed by atoms with Crippen molar-refractivity contribution in [2.45, 2.75) is 50.7 Å². The number of carbonyl (C=O) groups excluding carboxylic acids is 1. The van der Waals surface area contributed by atoms with Gasteiger partial charge >= 0.3 is 0 Å². The second-order valence-corrected chi connectivity index (χ2v) is 9.20. The molecule has 2 aliphatic rings. The summed E-state index contributed by atoms with van der Waals surface area (Å²) in [6.45, 7) is 6.32. The number of nitrogens with zero attached hydrogens (tertiary/aromatic N) is 4. The first-order chi connectivity index (χ1) is 13.5. The fourth-order valence-electron chi connectivity index (χ4n) is 3.44. The Bertz CT molecular complexity index is 858. The number of aromatic nitrogens is 3. The van der Waals surface area contributed by atoms with E-state index in [-0.39, 0.29) is 5.91 Å². The van der Waals surface area contributed by atoms with E-state index >= 15 is 0 Å². The fourth-order valence-corrected chi connectivity index (χ4v) is 4.42. The van der Waals surface area contributed by atoms with E-state index in [0.29, 0.717) is 22.5 Å². The molecule has 1 aromatic heterocycles. The number of thioether (sulfide) groups is 1. The average molecular weight is 420 g/mol. The predicted molar refractivity (Wildman–Crippen MR) is 114 cm³/mol. The molecule has 2 fully saturated rings. The third kappa shape index (κ3) is 4.46. The Morgan fingerprint density at radius 3 is 2.68 bits per heavy atom. The maximum absolute atomic E-state index is 12.4. The topological polar surface area (TPSA) is 63.1 Å². The lowest BCUT2D eigenvalue weighted by Crippen LogP contribution is -2.34. The minimum Gasteiger partial charge on any atom is -0.341 e. The second kappa shape index (κ2) is 8.33. The lowest BCUT2D eigenvalue weighted by Gasteiger charge is -2.31. The molecule has 0 spiro atoms. The quantitative estimate of drug-likeness (QED) is 0.696. The van der Waals surface area contributed by atoms with Gasteiger partial charge in [0.25, 0.3) is 0 Å². The Balaban J connectivity index is 1.40. The van der Waals surface area contributed by atoms with Gasteiger partial charge in [-0.3, -0.25) is 9.36 Å². The Kier molecular flexibility index (Phi) is 5.83. The SMILES string of the molecule is Cc1ccc(NC(=O)CSc2nnc(N3CCC(C)CC3)n2C2CC2)cc1Cl. The molecular weight excluding hydrogens is 394 g/mol. The van der Waals surface area contributed by atoms with E-state index in [4.69, 9.17) is 11.6 Å². The molecule has 1 N–H and O–H groups in total. The fraction of sp³-hybridized carbons (Fsp3) is 0.550. The number of amides is 1. The highest BCUT2D eigenvalue weighted by atomic mass is 35.5. The van der Waals surface area contributed by atoms with Gasteiger partial charge in [0.15, 0.2) is 5.16 Å². The molecule has 150 valence electrons. The summed E-state index contributed by atoms with van der Waals surface area (Å²) in [5, 5.41) is 13.3. The average Bonchev–Trinajstić information content (AvgIpc) is 3.43. The minimum atomic E-state index is -0.0661. The summed E-state index contributed by atoms with van der Waals surface area (Å²) in [5.41, 5.74) is 1.71. The smallest absolute Gasteiger partial charge is 0.234 e. The molecule has 1 amide bonds. The van der Waals surface area contributed by atoms with Crippen LogP contribution in [0.2, 0.25) is 5.02 Å². The molecule has 28 heavy (non-hydrogen) atoms. The normalized spacial score (nSPS) is 17.8. The number of benzene rings is 1. The number of halogens is 1. The molecule has 6 nitrogen and oxygen atoms in total. The van der Waals surface area contributed by atoms with Gasteiger partial charge in [-0.1, -0.05) is 36.4 Å². The van der Waals surface area contributed by atoms with Crippen molar-refractivity contribution in [3.63, 3.8) is 0 Å². The van der Waals surface area contributed by atoms with Gasteiger partial charge in [0.2, 0.25) is 11.9 Å². The molecule has 0 unspecified atom stereocenters. The molecule has 1 saturated carbocycles. The van der Waals surface area contributed by atoms with E-state index in [2.05, 4.69) is 31.9 Å². The summed E-state index contributed by atoms with van der Waals surface area (Å²) in [6, 6.07) is 6.03. The predicted octanol–water partition coefficient (Wildman–Crippen LogP) is 4.54. The first-order valence-electron chi connectivity index (χ1n) is 9.90. The Hall–Kier alpha value is -1.73. The van der Waals surface area contributed by atoms with Crippen LogP contribution in [0.1, 0.15) is 44.2 Å². The van der Waals surface area contributed by atoms with Gasteiger partial charge < -0.3 is 10.2 Å². The van der Waals surface area contributed by atoms with E-state index in [1.807, 2.05) is 19.1 Å². The lowest BCUT2D eigenvalue weighted by atomic mass is 10.00. The van der Waals surface area contributed by atoms with Crippen molar-refractivity contribution in [2.24, 2.45) is 5.92 Å². The van der Waals surface area contributed by atoms with Gasteiger partial charge in [0.05, 0.1) is 5.75 Å². The summed E-state index contributed by atoms with van der Waals surface area (Å²) in [4.78, 5) is 14.7.